The minimum Gasteiger partial charge on any atom is -0.494 e. The van der Waals surface area contributed by atoms with Crippen molar-refractivity contribution in [1.29, 1.82) is 0 Å². The van der Waals surface area contributed by atoms with Gasteiger partial charge in [0.2, 0.25) is 0 Å². The van der Waals surface area contributed by atoms with Crippen molar-refractivity contribution in [1.82, 2.24) is 0 Å². The third-order valence-electron chi connectivity index (χ3n) is 6.23. The number of unbranched alkanes of at least 4 members (excludes halogenated alkanes) is 2. The molecule has 30 heavy (non-hydrogen) atoms. The molecule has 0 unspecified atom stereocenters. The van der Waals surface area contributed by atoms with Crippen LogP contribution in [0, 0.1) is 5.92 Å². The molecule has 0 atom stereocenters. The molecule has 1 aliphatic carbocycles. The molecule has 0 amide bonds. The van der Waals surface area contributed by atoms with Crippen LogP contribution in [0.3, 0.4) is 0 Å². The summed E-state index contributed by atoms with van der Waals surface area (Å²) in [6, 6.07) is 15.3. The Labute approximate surface area is 181 Å². The maximum absolute atomic E-state index is 12.5. The Morgan fingerprint density at radius 1 is 0.833 bits per heavy atom. The molecule has 0 radical (unpaired) electrons. The fraction of sp³-hybridized carbons (Fsp3) is 0.519. The zero-order valence-corrected chi connectivity index (χ0v) is 18.6. The van der Waals surface area contributed by atoms with Gasteiger partial charge < -0.3 is 9.47 Å². The molecule has 0 N–H and O–H groups in total. The lowest BCUT2D eigenvalue weighted by atomic mass is 9.77. The molecule has 1 aliphatic rings. The minimum absolute atomic E-state index is 0.315. The molecule has 0 heterocycles. The SMILES string of the molecule is CCCCOc1ccc(OC(=O)c2ccc(C3CCC(CCCC)CC3)cc2)cc1. The highest BCUT2D eigenvalue weighted by Crippen LogP contribution is 2.37. The highest BCUT2D eigenvalue weighted by Gasteiger charge is 2.22. The Bertz CT molecular complexity index is 756. The lowest BCUT2D eigenvalue weighted by molar-refractivity contribution is 0.0734. The monoisotopic (exact) mass is 408 g/mol. The molecule has 1 fully saturated rings. The zero-order valence-electron chi connectivity index (χ0n) is 18.6. The second-order valence-corrected chi connectivity index (χ2v) is 8.54. The second-order valence-electron chi connectivity index (χ2n) is 8.54. The fourth-order valence-electron chi connectivity index (χ4n) is 4.27. The van der Waals surface area contributed by atoms with Gasteiger partial charge in [0.05, 0.1) is 12.2 Å². The van der Waals surface area contributed by atoms with Gasteiger partial charge in [0, 0.05) is 0 Å². The van der Waals surface area contributed by atoms with E-state index in [-0.39, 0.29) is 5.97 Å². The Kier molecular flexibility index (Phi) is 8.80. The Balaban J connectivity index is 1.49. The number of hydrogen-bond donors (Lipinski definition) is 0. The summed E-state index contributed by atoms with van der Waals surface area (Å²) in [7, 11) is 0. The van der Waals surface area contributed by atoms with E-state index in [0.717, 1.165) is 24.5 Å². The van der Waals surface area contributed by atoms with Gasteiger partial charge in [-0.1, -0.05) is 51.7 Å². The summed E-state index contributed by atoms with van der Waals surface area (Å²) in [5.74, 6) is 2.57. The average molecular weight is 409 g/mol. The molecule has 3 nitrogen and oxygen atoms in total. The number of carbonyl (C=O) groups excluding carboxylic acids is 1. The van der Waals surface area contributed by atoms with Gasteiger partial charge in [0.25, 0.3) is 0 Å². The van der Waals surface area contributed by atoms with Crippen LogP contribution in [0.1, 0.15) is 93.5 Å². The van der Waals surface area contributed by atoms with Gasteiger partial charge in [-0.2, -0.15) is 0 Å². The summed E-state index contributed by atoms with van der Waals surface area (Å²) in [6.45, 7) is 5.12. The highest BCUT2D eigenvalue weighted by molar-refractivity contribution is 5.91. The molecule has 3 heteroatoms. The van der Waals surface area contributed by atoms with E-state index in [1.54, 1.807) is 12.1 Å². The van der Waals surface area contributed by atoms with Crippen LogP contribution in [0.2, 0.25) is 0 Å². The first kappa shape index (κ1) is 22.4. The second kappa shape index (κ2) is 11.8. The lowest BCUT2D eigenvalue weighted by Gasteiger charge is -2.28. The predicted molar refractivity (Wildman–Crippen MR) is 122 cm³/mol. The first-order valence-electron chi connectivity index (χ1n) is 11.7. The van der Waals surface area contributed by atoms with Crippen molar-refractivity contribution in [2.24, 2.45) is 5.92 Å². The summed E-state index contributed by atoms with van der Waals surface area (Å²) < 4.78 is 11.2. The molecule has 3 rings (SSSR count). The molecule has 162 valence electrons. The Morgan fingerprint density at radius 2 is 1.47 bits per heavy atom. The molecular weight excluding hydrogens is 372 g/mol. The number of benzene rings is 2. The average Bonchev–Trinajstić information content (AvgIpc) is 2.79. The molecule has 0 spiro atoms. The summed E-state index contributed by atoms with van der Waals surface area (Å²) in [5, 5.41) is 0. The quantitative estimate of drug-likeness (QED) is 0.231. The highest BCUT2D eigenvalue weighted by atomic mass is 16.5. The van der Waals surface area contributed by atoms with Gasteiger partial charge in [0.1, 0.15) is 11.5 Å². The lowest BCUT2D eigenvalue weighted by Crippen LogP contribution is -2.14. The molecule has 0 aliphatic heterocycles. The first-order valence-corrected chi connectivity index (χ1v) is 11.7. The van der Waals surface area contributed by atoms with E-state index in [4.69, 9.17) is 9.47 Å². The van der Waals surface area contributed by atoms with E-state index in [0.29, 0.717) is 23.8 Å². The molecular formula is C27H36O3. The number of esters is 1. The van der Waals surface area contributed by atoms with Crippen LogP contribution in [0.4, 0.5) is 0 Å². The summed E-state index contributed by atoms with van der Waals surface area (Å²) in [6.07, 6.45) is 11.4. The van der Waals surface area contributed by atoms with Crippen LogP contribution in [-0.2, 0) is 0 Å². The van der Waals surface area contributed by atoms with Crippen molar-refractivity contribution in [2.75, 3.05) is 6.61 Å². The van der Waals surface area contributed by atoms with Gasteiger partial charge in [-0.15, -0.1) is 0 Å². The van der Waals surface area contributed by atoms with Crippen molar-refractivity contribution in [2.45, 2.75) is 77.6 Å². The largest absolute Gasteiger partial charge is 0.494 e. The molecule has 0 saturated heterocycles. The maximum Gasteiger partial charge on any atom is 0.343 e. The Hall–Kier alpha value is -2.29. The number of hydrogen-bond acceptors (Lipinski definition) is 3. The normalized spacial score (nSPS) is 18.7. The topological polar surface area (TPSA) is 35.5 Å². The zero-order chi connectivity index (χ0) is 21.2. The van der Waals surface area contributed by atoms with E-state index in [2.05, 4.69) is 26.0 Å². The van der Waals surface area contributed by atoms with Crippen LogP contribution in [0.5, 0.6) is 11.5 Å². The number of carbonyl (C=O) groups is 1. The number of rotatable bonds is 10. The van der Waals surface area contributed by atoms with Crippen molar-refractivity contribution in [3.8, 4) is 11.5 Å². The van der Waals surface area contributed by atoms with E-state index < -0.39 is 0 Å². The van der Waals surface area contributed by atoms with Gasteiger partial charge in [-0.3, -0.25) is 0 Å². The Morgan fingerprint density at radius 3 is 2.10 bits per heavy atom. The van der Waals surface area contributed by atoms with E-state index in [1.807, 2.05) is 24.3 Å². The van der Waals surface area contributed by atoms with Crippen LogP contribution in [-0.4, -0.2) is 12.6 Å². The van der Waals surface area contributed by atoms with Crippen LogP contribution < -0.4 is 9.47 Å². The van der Waals surface area contributed by atoms with Gasteiger partial charge >= 0.3 is 5.97 Å². The third-order valence-corrected chi connectivity index (χ3v) is 6.23. The van der Waals surface area contributed by atoms with E-state index in [9.17, 15) is 4.79 Å². The maximum atomic E-state index is 12.5. The van der Waals surface area contributed by atoms with E-state index >= 15 is 0 Å². The van der Waals surface area contributed by atoms with Crippen molar-refractivity contribution < 1.29 is 14.3 Å². The van der Waals surface area contributed by atoms with Crippen LogP contribution in [0.15, 0.2) is 48.5 Å². The summed E-state index contributed by atoms with van der Waals surface area (Å²) >= 11 is 0. The van der Waals surface area contributed by atoms with Gasteiger partial charge in [0.15, 0.2) is 0 Å². The summed E-state index contributed by atoms with van der Waals surface area (Å²) in [5.41, 5.74) is 1.95. The molecule has 0 bridgehead atoms. The third kappa shape index (κ3) is 6.62. The van der Waals surface area contributed by atoms with Crippen LogP contribution in [0.25, 0.3) is 0 Å². The molecule has 2 aromatic rings. The molecule has 2 aromatic carbocycles. The van der Waals surface area contributed by atoms with Crippen molar-refractivity contribution in [3.05, 3.63) is 59.7 Å². The van der Waals surface area contributed by atoms with E-state index in [1.165, 1.54) is 50.5 Å². The number of ether oxygens (including phenoxy) is 2. The fourth-order valence-corrected chi connectivity index (χ4v) is 4.27. The van der Waals surface area contributed by atoms with Gasteiger partial charge in [-0.25, -0.2) is 4.79 Å². The van der Waals surface area contributed by atoms with Gasteiger partial charge in [-0.05, 0) is 85.9 Å². The van der Waals surface area contributed by atoms with Crippen LogP contribution >= 0.6 is 0 Å². The predicted octanol–water partition coefficient (Wildman–Crippen LogP) is 7.55. The van der Waals surface area contributed by atoms with Crippen molar-refractivity contribution in [3.63, 3.8) is 0 Å². The summed E-state index contributed by atoms with van der Waals surface area (Å²) in [4.78, 5) is 12.5. The smallest absolute Gasteiger partial charge is 0.343 e. The minimum atomic E-state index is -0.315. The van der Waals surface area contributed by atoms with Crippen molar-refractivity contribution >= 4 is 5.97 Å². The molecule has 1 saturated carbocycles. The standard InChI is InChI=1S/C27H36O3/c1-3-5-7-21-8-10-22(11-9-21)23-12-14-24(15-13-23)27(28)30-26-18-16-25(17-19-26)29-20-6-4-2/h12-19,21-22H,3-11,20H2,1-2H3. The molecule has 0 aromatic heterocycles. The first-order chi connectivity index (χ1) is 14.7.